The summed E-state index contributed by atoms with van der Waals surface area (Å²) in [4.78, 5) is 24.8. The fourth-order valence-corrected chi connectivity index (χ4v) is 6.33. The van der Waals surface area contributed by atoms with Crippen molar-refractivity contribution >= 4 is 17.5 Å². The maximum absolute atomic E-state index is 15.3. The van der Waals surface area contributed by atoms with E-state index in [4.69, 9.17) is 14.2 Å². The average molecular weight is 628 g/mol. The summed E-state index contributed by atoms with van der Waals surface area (Å²) in [6.45, 7) is 5.08. The smallest absolute Gasteiger partial charge is 0.313 e. The van der Waals surface area contributed by atoms with E-state index in [2.05, 4.69) is 47.2 Å². The highest BCUT2D eigenvalue weighted by Gasteiger charge is 2.51. The number of ether oxygens (including phenoxy) is 3. The maximum Gasteiger partial charge on any atom is 0.313 e. The van der Waals surface area contributed by atoms with Crippen LogP contribution in [0.1, 0.15) is 43.7 Å². The Morgan fingerprint density at radius 2 is 1.78 bits per heavy atom. The van der Waals surface area contributed by atoms with Crippen molar-refractivity contribution in [3.63, 3.8) is 0 Å². The van der Waals surface area contributed by atoms with Gasteiger partial charge in [0.25, 0.3) is 0 Å². The normalized spacial score (nSPS) is 19.9. The topological polar surface area (TPSA) is 97.9 Å². The zero-order valence-corrected chi connectivity index (χ0v) is 26.5. The van der Waals surface area contributed by atoms with Crippen LogP contribution in [-0.4, -0.2) is 45.2 Å². The summed E-state index contributed by atoms with van der Waals surface area (Å²) in [6.07, 6.45) is 14.0. The number of nitrogens with one attached hydrogen (secondary N) is 3. The van der Waals surface area contributed by atoms with Crippen molar-refractivity contribution in [2.75, 3.05) is 38.7 Å². The quantitative estimate of drug-likeness (QED) is 0.276. The predicted octanol–water partition coefficient (Wildman–Crippen LogP) is 5.73. The van der Waals surface area contributed by atoms with Crippen LogP contribution < -0.4 is 20.7 Å². The molecule has 3 N–H and O–H groups in total. The number of fused-ring (bicyclic) bond motifs is 2. The van der Waals surface area contributed by atoms with Crippen molar-refractivity contribution in [3.8, 4) is 5.75 Å². The number of methoxy groups -OCH3 is 1. The number of carbonyl (C=O) groups excluding carboxylic acids is 2. The van der Waals surface area contributed by atoms with Crippen LogP contribution in [0.2, 0.25) is 0 Å². The lowest BCUT2D eigenvalue weighted by molar-refractivity contribution is -0.136. The van der Waals surface area contributed by atoms with E-state index in [-0.39, 0.29) is 22.8 Å². The fraction of sp³-hybridized carbons (Fsp3) is 0.405. The molecule has 1 unspecified atom stereocenters. The summed E-state index contributed by atoms with van der Waals surface area (Å²) >= 11 is 0. The summed E-state index contributed by atoms with van der Waals surface area (Å²) in [5.74, 6) is 0.152. The van der Waals surface area contributed by atoms with Crippen LogP contribution in [0, 0.1) is 23.1 Å². The number of piperidine rings is 1. The molecule has 242 valence electrons. The van der Waals surface area contributed by atoms with Crippen LogP contribution in [0.25, 0.3) is 0 Å². The minimum Gasteiger partial charge on any atom is -0.493 e. The fourth-order valence-electron chi connectivity index (χ4n) is 6.33. The molecule has 1 aliphatic heterocycles. The molecule has 1 atom stereocenters. The molecule has 2 aromatic rings. The van der Waals surface area contributed by atoms with Crippen LogP contribution in [0.15, 0.2) is 89.6 Å². The SMILES string of the molecule is CCc1ccc(CCNC(=O)C(=O)Nc2ccc(OC3=C4C=C(OC)C(OCC5CCNCC5)=CC4C4(C=C3)CC4)c(F)c2)cc1. The maximum atomic E-state index is 15.3. The number of halogens is 1. The molecule has 9 heteroatoms. The number of aryl methyl sites for hydroxylation is 1. The Balaban J connectivity index is 1.08. The van der Waals surface area contributed by atoms with E-state index in [1.54, 1.807) is 7.11 Å². The number of carbonyl (C=O) groups is 2. The molecular weight excluding hydrogens is 585 g/mol. The Hall–Kier alpha value is -4.37. The molecular formula is C37H42FN3O5. The summed E-state index contributed by atoms with van der Waals surface area (Å²) in [7, 11) is 1.62. The van der Waals surface area contributed by atoms with Gasteiger partial charge in [0.1, 0.15) is 5.76 Å². The van der Waals surface area contributed by atoms with Gasteiger partial charge >= 0.3 is 11.8 Å². The van der Waals surface area contributed by atoms with E-state index in [1.165, 1.54) is 17.7 Å². The molecule has 2 aromatic carbocycles. The highest BCUT2D eigenvalue weighted by Crippen LogP contribution is 2.60. The molecule has 2 amide bonds. The van der Waals surface area contributed by atoms with Gasteiger partial charge in [-0.1, -0.05) is 37.3 Å². The Morgan fingerprint density at radius 1 is 1.02 bits per heavy atom. The number of amides is 2. The van der Waals surface area contributed by atoms with Crippen LogP contribution in [0.4, 0.5) is 10.1 Å². The first-order valence-electron chi connectivity index (χ1n) is 16.3. The lowest BCUT2D eigenvalue weighted by atomic mass is 9.76. The first kappa shape index (κ1) is 31.6. The second kappa shape index (κ2) is 14.0. The molecule has 0 aromatic heterocycles. The van der Waals surface area contributed by atoms with Gasteiger partial charge in [0.15, 0.2) is 23.1 Å². The Morgan fingerprint density at radius 3 is 2.48 bits per heavy atom. The van der Waals surface area contributed by atoms with Crippen LogP contribution >= 0.6 is 0 Å². The van der Waals surface area contributed by atoms with Gasteiger partial charge in [0, 0.05) is 29.8 Å². The molecule has 0 radical (unpaired) electrons. The number of rotatable bonds is 11. The van der Waals surface area contributed by atoms with Gasteiger partial charge in [-0.3, -0.25) is 9.59 Å². The summed E-state index contributed by atoms with van der Waals surface area (Å²) in [5, 5.41) is 8.48. The van der Waals surface area contributed by atoms with Gasteiger partial charge in [0.05, 0.1) is 13.7 Å². The van der Waals surface area contributed by atoms with Crippen LogP contribution in [0.5, 0.6) is 5.75 Å². The van der Waals surface area contributed by atoms with Gasteiger partial charge in [-0.2, -0.15) is 0 Å². The number of allylic oxidation sites excluding steroid dienone is 5. The highest BCUT2D eigenvalue weighted by atomic mass is 19.1. The number of hydrogen-bond acceptors (Lipinski definition) is 6. The molecule has 1 heterocycles. The van der Waals surface area contributed by atoms with Gasteiger partial charge in [-0.25, -0.2) is 4.39 Å². The minimum atomic E-state index is -0.864. The average Bonchev–Trinajstić information content (AvgIpc) is 3.86. The lowest BCUT2D eigenvalue weighted by Crippen LogP contribution is -2.36. The van der Waals surface area contributed by atoms with Gasteiger partial charge < -0.3 is 30.2 Å². The second-order valence-corrected chi connectivity index (χ2v) is 12.5. The minimum absolute atomic E-state index is 0.00821. The van der Waals surface area contributed by atoms with Crippen molar-refractivity contribution in [2.45, 2.75) is 45.4 Å². The summed E-state index contributed by atoms with van der Waals surface area (Å²) in [6, 6.07) is 12.3. The lowest BCUT2D eigenvalue weighted by Gasteiger charge is -2.33. The first-order valence-corrected chi connectivity index (χ1v) is 16.3. The Bertz CT molecular complexity index is 1580. The van der Waals surface area contributed by atoms with E-state index < -0.39 is 17.6 Å². The molecule has 0 bridgehead atoms. The third-order valence-electron chi connectivity index (χ3n) is 9.38. The molecule has 1 saturated heterocycles. The van der Waals surface area contributed by atoms with Gasteiger partial charge in [0.2, 0.25) is 0 Å². The van der Waals surface area contributed by atoms with E-state index in [0.717, 1.165) is 68.2 Å². The van der Waals surface area contributed by atoms with Crippen molar-refractivity contribution < 1.29 is 28.2 Å². The van der Waals surface area contributed by atoms with Crippen LogP contribution in [0.3, 0.4) is 0 Å². The zero-order chi connectivity index (χ0) is 32.1. The molecule has 3 aliphatic carbocycles. The molecule has 1 saturated carbocycles. The van der Waals surface area contributed by atoms with Crippen molar-refractivity contribution in [1.82, 2.24) is 10.6 Å². The zero-order valence-electron chi connectivity index (χ0n) is 26.5. The summed E-state index contributed by atoms with van der Waals surface area (Å²) in [5.41, 5.74) is 3.39. The Kier molecular flexibility index (Phi) is 9.59. The van der Waals surface area contributed by atoms with Crippen molar-refractivity contribution in [3.05, 3.63) is 107 Å². The number of benzene rings is 2. The summed E-state index contributed by atoms with van der Waals surface area (Å²) < 4.78 is 33.4. The molecule has 8 nitrogen and oxygen atoms in total. The molecule has 1 spiro atoms. The van der Waals surface area contributed by atoms with Gasteiger partial charge in [-0.15, -0.1) is 0 Å². The highest BCUT2D eigenvalue weighted by molar-refractivity contribution is 6.39. The van der Waals surface area contributed by atoms with Crippen molar-refractivity contribution in [2.24, 2.45) is 17.3 Å². The number of anilines is 1. The van der Waals surface area contributed by atoms with E-state index in [0.29, 0.717) is 37.0 Å². The molecule has 6 rings (SSSR count). The molecule has 4 aliphatic rings. The Labute approximate surface area is 269 Å². The van der Waals surface area contributed by atoms with E-state index in [1.807, 2.05) is 24.3 Å². The monoisotopic (exact) mass is 627 g/mol. The molecule has 2 fully saturated rings. The predicted molar refractivity (Wildman–Crippen MR) is 174 cm³/mol. The van der Waals surface area contributed by atoms with E-state index in [9.17, 15) is 9.59 Å². The van der Waals surface area contributed by atoms with Gasteiger partial charge in [-0.05, 0) is 104 Å². The van der Waals surface area contributed by atoms with Crippen molar-refractivity contribution in [1.29, 1.82) is 0 Å². The third kappa shape index (κ3) is 7.20. The van der Waals surface area contributed by atoms with E-state index >= 15 is 4.39 Å². The third-order valence-corrected chi connectivity index (χ3v) is 9.38. The standard InChI is InChI=1S/C37H42FN3O5/c1-3-24-4-6-25(7-5-24)13-19-40-35(42)36(43)41-27-8-9-32(30(38)20-27)46-31-10-14-37(15-16-37)29-22-34(33(44-2)21-28(29)31)45-23-26-11-17-39-18-12-26/h4-10,14,20-22,26,29,39H,3,11-13,15-19,23H2,1-2H3,(H,40,42)(H,41,43). The first-order chi connectivity index (χ1) is 22.4. The second-order valence-electron chi connectivity index (χ2n) is 12.5. The largest absolute Gasteiger partial charge is 0.493 e. The van der Waals surface area contributed by atoms with Crippen LogP contribution in [-0.2, 0) is 31.9 Å². The molecule has 46 heavy (non-hydrogen) atoms. The number of hydrogen-bond donors (Lipinski definition) is 3.